The number of piperazine rings is 1. The molecule has 0 spiro atoms. The standard InChI is InChI=1S/C30H32Cl2FN7O2S/c1-6-22(41)38-11-12-39(16(4)14-38)28-17-13-19(32)26(23-20(34)8-7-18(31)24(23)33)36-29(17)40(30(42)37-28)27-21(43-5)9-10-35-25(27)15(2)3/h6-10,13,15-16,30,42H,1,11-12,14,34H2,2-5H3/t16-,30?/m0/s1. The van der Waals surface area contributed by atoms with Crippen LogP contribution in [0.25, 0.3) is 11.3 Å². The Balaban J connectivity index is 1.75. The first-order valence-corrected chi connectivity index (χ1v) is 15.7. The van der Waals surface area contributed by atoms with Crippen LogP contribution < -0.4 is 10.6 Å². The number of nitrogens with two attached hydrogens (primary N) is 1. The molecule has 1 saturated heterocycles. The summed E-state index contributed by atoms with van der Waals surface area (Å²) in [6.07, 6.45) is 3.56. The van der Waals surface area contributed by atoms with Crippen LogP contribution in [0.4, 0.5) is 21.6 Å². The molecular weight excluding hydrogens is 612 g/mol. The third-order valence-electron chi connectivity index (χ3n) is 7.57. The number of aromatic nitrogens is 2. The normalized spacial score (nSPS) is 18.5. The van der Waals surface area contributed by atoms with Gasteiger partial charge in [0.25, 0.3) is 0 Å². The molecule has 226 valence electrons. The van der Waals surface area contributed by atoms with Crippen molar-refractivity contribution in [1.82, 2.24) is 19.8 Å². The Labute approximate surface area is 264 Å². The predicted octanol–water partition coefficient (Wildman–Crippen LogP) is 5.91. The van der Waals surface area contributed by atoms with E-state index < -0.39 is 12.2 Å². The first kappa shape index (κ1) is 31.1. The molecule has 3 N–H and O–H groups in total. The predicted molar refractivity (Wildman–Crippen MR) is 172 cm³/mol. The average molecular weight is 645 g/mol. The number of thioether (sulfide) groups is 1. The summed E-state index contributed by atoms with van der Waals surface area (Å²) in [5.74, 6) is -0.151. The lowest BCUT2D eigenvalue weighted by atomic mass is 10.0. The molecule has 1 fully saturated rings. The number of hydrogen-bond acceptors (Lipinski definition) is 9. The summed E-state index contributed by atoms with van der Waals surface area (Å²) in [7, 11) is 0. The van der Waals surface area contributed by atoms with Crippen molar-refractivity contribution < 1.29 is 14.3 Å². The van der Waals surface area contributed by atoms with Gasteiger partial charge in [0.2, 0.25) is 12.3 Å². The number of hydrogen-bond donors (Lipinski definition) is 2. The van der Waals surface area contributed by atoms with Gasteiger partial charge in [-0.2, -0.15) is 0 Å². The number of aliphatic hydroxyl groups is 1. The number of rotatable bonds is 5. The van der Waals surface area contributed by atoms with Crippen LogP contribution in [0.2, 0.25) is 10.0 Å². The van der Waals surface area contributed by atoms with Gasteiger partial charge in [0.1, 0.15) is 11.7 Å². The summed E-state index contributed by atoms with van der Waals surface area (Å²) in [6.45, 7) is 10.9. The second-order valence-corrected chi connectivity index (χ2v) is 12.3. The number of halogens is 3. The van der Waals surface area contributed by atoms with Crippen LogP contribution in [0, 0.1) is 5.82 Å². The highest BCUT2D eigenvalue weighted by Gasteiger charge is 2.39. The summed E-state index contributed by atoms with van der Waals surface area (Å²) in [4.78, 5) is 32.8. The maximum atomic E-state index is 15.4. The first-order valence-electron chi connectivity index (χ1n) is 13.7. The van der Waals surface area contributed by atoms with E-state index in [4.69, 9.17) is 38.9 Å². The first-order chi connectivity index (χ1) is 20.5. The number of pyridine rings is 2. The molecule has 4 heterocycles. The van der Waals surface area contributed by atoms with E-state index in [0.29, 0.717) is 42.5 Å². The molecule has 0 aliphatic carbocycles. The molecule has 13 heteroatoms. The van der Waals surface area contributed by atoms with E-state index in [9.17, 15) is 9.90 Å². The maximum absolute atomic E-state index is 15.4. The molecule has 2 atom stereocenters. The zero-order valence-corrected chi connectivity index (χ0v) is 26.5. The summed E-state index contributed by atoms with van der Waals surface area (Å²) in [5.41, 5.74) is 8.26. The van der Waals surface area contributed by atoms with Gasteiger partial charge >= 0.3 is 0 Å². The van der Waals surface area contributed by atoms with Gasteiger partial charge in [0, 0.05) is 42.5 Å². The molecule has 1 amide bonds. The zero-order valence-electron chi connectivity index (χ0n) is 24.2. The number of benzene rings is 1. The Hall–Kier alpha value is -3.38. The fourth-order valence-electron chi connectivity index (χ4n) is 5.49. The van der Waals surface area contributed by atoms with Gasteiger partial charge in [0.15, 0.2) is 5.82 Å². The molecule has 0 saturated carbocycles. The lowest BCUT2D eigenvalue weighted by Gasteiger charge is -2.44. The van der Waals surface area contributed by atoms with Crippen LogP contribution in [0.15, 0.2) is 53.0 Å². The van der Waals surface area contributed by atoms with Gasteiger partial charge in [-0.15, -0.1) is 11.8 Å². The molecule has 43 heavy (non-hydrogen) atoms. The number of amidine groups is 1. The lowest BCUT2D eigenvalue weighted by Crippen LogP contribution is -2.56. The van der Waals surface area contributed by atoms with Crippen LogP contribution in [0.1, 0.15) is 37.9 Å². The number of nitrogen functional groups attached to an aromatic ring is 1. The Morgan fingerprint density at radius 3 is 2.65 bits per heavy atom. The van der Waals surface area contributed by atoms with E-state index in [2.05, 4.69) is 11.6 Å². The van der Waals surface area contributed by atoms with E-state index >= 15 is 4.39 Å². The van der Waals surface area contributed by atoms with Gasteiger partial charge in [0.05, 0.1) is 38.2 Å². The number of fused-ring (bicyclic) bond motifs is 1. The van der Waals surface area contributed by atoms with E-state index in [0.717, 1.165) is 10.6 Å². The number of aliphatic hydroxyl groups excluding tert-OH is 1. The number of nitrogens with zero attached hydrogens (tertiary/aromatic N) is 6. The topological polar surface area (TPSA) is 111 Å². The molecule has 1 aromatic carbocycles. The summed E-state index contributed by atoms with van der Waals surface area (Å²) in [6, 6.07) is 6.23. The average Bonchev–Trinajstić information content (AvgIpc) is 2.98. The van der Waals surface area contributed by atoms with Crippen molar-refractivity contribution in [2.75, 3.05) is 36.5 Å². The van der Waals surface area contributed by atoms with Crippen molar-refractivity contribution in [2.45, 2.75) is 44.0 Å². The quantitative estimate of drug-likeness (QED) is 0.201. The highest BCUT2D eigenvalue weighted by atomic mass is 35.5. The summed E-state index contributed by atoms with van der Waals surface area (Å²) in [5, 5.41) is 11.8. The Kier molecular flexibility index (Phi) is 8.89. The van der Waals surface area contributed by atoms with Gasteiger partial charge < -0.3 is 20.6 Å². The van der Waals surface area contributed by atoms with E-state index in [1.165, 1.54) is 30.0 Å². The molecule has 2 aromatic heterocycles. The highest BCUT2D eigenvalue weighted by Crippen LogP contribution is 2.45. The Morgan fingerprint density at radius 1 is 1.26 bits per heavy atom. The molecule has 0 radical (unpaired) electrons. The monoisotopic (exact) mass is 643 g/mol. The van der Waals surface area contributed by atoms with E-state index in [1.807, 2.05) is 38.0 Å². The van der Waals surface area contributed by atoms with Gasteiger partial charge in [-0.1, -0.05) is 43.6 Å². The smallest absolute Gasteiger partial charge is 0.246 e. The number of carbonyl (C=O) groups excluding carboxylic acids is 1. The zero-order chi connectivity index (χ0) is 31.2. The second kappa shape index (κ2) is 12.3. The number of carbonyl (C=O) groups is 1. The van der Waals surface area contributed by atoms with Gasteiger partial charge in [-0.3, -0.25) is 14.7 Å². The number of anilines is 3. The van der Waals surface area contributed by atoms with Crippen molar-refractivity contribution in [3.63, 3.8) is 0 Å². The Morgan fingerprint density at radius 2 is 2.00 bits per heavy atom. The fourth-order valence-corrected chi connectivity index (χ4v) is 6.48. The van der Waals surface area contributed by atoms with Crippen LogP contribution in [0.3, 0.4) is 0 Å². The maximum Gasteiger partial charge on any atom is 0.246 e. The molecule has 0 bridgehead atoms. The molecule has 2 aliphatic rings. The SMILES string of the molecule is C=CC(=O)N1CCN(C2=NC(O)N(c3c(SC)ccnc3C(C)C)c3nc(-c4c(N)ccc(Cl)c4F)c(Cl)cc32)[C@@H](C)C1. The minimum Gasteiger partial charge on any atom is -0.398 e. The van der Waals surface area contributed by atoms with Crippen molar-refractivity contribution in [3.05, 3.63) is 70.2 Å². The molecular formula is C30H32Cl2FN7O2S. The van der Waals surface area contributed by atoms with Crippen molar-refractivity contribution in [3.8, 4) is 11.3 Å². The molecule has 9 nitrogen and oxygen atoms in total. The molecule has 3 aromatic rings. The van der Waals surface area contributed by atoms with E-state index in [1.54, 1.807) is 22.1 Å². The van der Waals surface area contributed by atoms with Crippen LogP contribution in [-0.4, -0.2) is 74.9 Å². The fraction of sp³-hybridized carbons (Fsp3) is 0.333. The largest absolute Gasteiger partial charge is 0.398 e. The van der Waals surface area contributed by atoms with Gasteiger partial charge in [-0.05, 0) is 49.4 Å². The lowest BCUT2D eigenvalue weighted by molar-refractivity contribution is -0.128. The van der Waals surface area contributed by atoms with Crippen molar-refractivity contribution in [1.29, 1.82) is 0 Å². The third kappa shape index (κ3) is 5.55. The second-order valence-electron chi connectivity index (χ2n) is 10.6. The van der Waals surface area contributed by atoms with Crippen LogP contribution >= 0.6 is 35.0 Å². The molecule has 5 rings (SSSR count). The molecule has 2 aliphatic heterocycles. The number of aliphatic imine (C=N–C) groups is 1. The summed E-state index contributed by atoms with van der Waals surface area (Å²) < 4.78 is 15.4. The third-order valence-corrected chi connectivity index (χ3v) is 8.92. The highest BCUT2D eigenvalue weighted by molar-refractivity contribution is 7.98. The van der Waals surface area contributed by atoms with Crippen molar-refractivity contribution >= 4 is 63.9 Å². The van der Waals surface area contributed by atoms with Crippen molar-refractivity contribution in [2.24, 2.45) is 4.99 Å². The van der Waals surface area contributed by atoms with Gasteiger partial charge in [-0.25, -0.2) is 14.4 Å². The Bertz CT molecular complexity index is 1640. The summed E-state index contributed by atoms with van der Waals surface area (Å²) >= 11 is 14.5. The van der Waals surface area contributed by atoms with Crippen LogP contribution in [-0.2, 0) is 4.79 Å². The minimum absolute atomic E-state index is 0.00795. The number of amides is 1. The minimum atomic E-state index is -1.40. The van der Waals surface area contributed by atoms with E-state index in [-0.39, 0.29) is 44.9 Å². The molecule has 1 unspecified atom stereocenters. The van der Waals surface area contributed by atoms with Crippen LogP contribution in [0.5, 0.6) is 0 Å².